The van der Waals surface area contributed by atoms with Crippen molar-refractivity contribution in [2.75, 3.05) is 13.2 Å². The van der Waals surface area contributed by atoms with Gasteiger partial charge >= 0.3 is 0 Å². The lowest BCUT2D eigenvalue weighted by molar-refractivity contribution is -0.131. The Morgan fingerprint density at radius 2 is 1.41 bits per heavy atom. The zero-order valence-electron chi connectivity index (χ0n) is 21.9. The summed E-state index contributed by atoms with van der Waals surface area (Å²) in [7, 11) is 0. The fourth-order valence-corrected chi connectivity index (χ4v) is 4.18. The maximum Gasteiger partial charge on any atom is 0.276 e. The number of rotatable bonds is 9. The molecule has 0 fully saturated rings. The fraction of sp³-hybridized carbons (Fsp3) is 0.500. The number of benzene rings is 2. The first-order valence-corrected chi connectivity index (χ1v) is 11.8. The highest BCUT2D eigenvalue weighted by atomic mass is 16.5. The topological polar surface area (TPSA) is 76.7 Å². The first-order chi connectivity index (χ1) is 15.8. The second-order valence-corrected chi connectivity index (χ2v) is 11.0. The summed E-state index contributed by atoms with van der Waals surface area (Å²) < 4.78 is 11.2. The minimum absolute atomic E-state index is 0.0366. The third-order valence-corrected chi connectivity index (χ3v) is 5.47. The molecule has 2 aromatic rings. The lowest BCUT2D eigenvalue weighted by Crippen LogP contribution is -2.45. The van der Waals surface area contributed by atoms with Crippen molar-refractivity contribution >= 4 is 11.8 Å². The smallest absolute Gasteiger partial charge is 0.276 e. The number of carbonyl (C=O) groups excluding carboxylic acids is 2. The monoisotopic (exact) mass is 468 g/mol. The maximum atomic E-state index is 12.1. The number of hydrazine groups is 1. The van der Waals surface area contributed by atoms with Crippen LogP contribution in [0.2, 0.25) is 0 Å². The third-order valence-electron chi connectivity index (χ3n) is 5.47. The molecule has 0 saturated heterocycles. The van der Waals surface area contributed by atoms with Crippen LogP contribution in [0.15, 0.2) is 42.5 Å². The first kappa shape index (κ1) is 27.2. The molecule has 0 bridgehead atoms. The Morgan fingerprint density at radius 1 is 0.853 bits per heavy atom. The Bertz CT molecular complexity index is 973. The Kier molecular flexibility index (Phi) is 9.14. The van der Waals surface area contributed by atoms with Gasteiger partial charge in [-0.05, 0) is 65.0 Å². The maximum absolute atomic E-state index is 12.1. The second kappa shape index (κ2) is 11.4. The molecule has 2 amide bonds. The van der Waals surface area contributed by atoms with Gasteiger partial charge in [-0.3, -0.25) is 20.4 Å². The number of hydrogen-bond donors (Lipinski definition) is 2. The van der Waals surface area contributed by atoms with Crippen LogP contribution in [0, 0.1) is 12.3 Å². The Balaban J connectivity index is 1.78. The van der Waals surface area contributed by atoms with Gasteiger partial charge in [0.1, 0.15) is 11.5 Å². The summed E-state index contributed by atoms with van der Waals surface area (Å²) in [6.07, 6.45) is 1.05. The highest BCUT2D eigenvalue weighted by Gasteiger charge is 2.27. The molecule has 0 saturated carbocycles. The largest absolute Gasteiger partial charge is 0.484 e. The molecule has 0 unspecified atom stereocenters. The summed E-state index contributed by atoms with van der Waals surface area (Å²) in [5, 5.41) is 0. The van der Waals surface area contributed by atoms with Gasteiger partial charge in [0.2, 0.25) is 0 Å². The Hall–Kier alpha value is -3.02. The van der Waals surface area contributed by atoms with Crippen molar-refractivity contribution < 1.29 is 19.1 Å². The van der Waals surface area contributed by atoms with Gasteiger partial charge in [-0.2, -0.15) is 0 Å². The molecular formula is C28H40N2O4. The lowest BCUT2D eigenvalue weighted by atomic mass is 9.72. The zero-order chi connectivity index (χ0) is 25.5. The van der Waals surface area contributed by atoms with E-state index >= 15 is 0 Å². The molecule has 0 aliphatic rings. The molecule has 0 aromatic heterocycles. The van der Waals surface area contributed by atoms with Crippen LogP contribution in [0.4, 0.5) is 0 Å². The van der Waals surface area contributed by atoms with Crippen molar-refractivity contribution in [1.29, 1.82) is 0 Å². The van der Waals surface area contributed by atoms with Crippen LogP contribution in [0.3, 0.4) is 0 Å². The van der Waals surface area contributed by atoms with Crippen LogP contribution < -0.4 is 20.3 Å². The van der Waals surface area contributed by atoms with Gasteiger partial charge in [0.05, 0.1) is 0 Å². The number of nitrogens with one attached hydrogen (secondary N) is 2. The van der Waals surface area contributed by atoms with E-state index in [0.717, 1.165) is 17.5 Å². The van der Waals surface area contributed by atoms with Crippen molar-refractivity contribution in [3.05, 3.63) is 59.2 Å². The number of carbonyl (C=O) groups is 2. The van der Waals surface area contributed by atoms with Gasteiger partial charge in [-0.15, -0.1) is 0 Å². The highest BCUT2D eigenvalue weighted by molar-refractivity contribution is 5.83. The first-order valence-electron chi connectivity index (χ1n) is 11.8. The quantitative estimate of drug-likeness (QED) is 0.481. The number of ether oxygens (including phenoxy) is 2. The van der Waals surface area contributed by atoms with Crippen molar-refractivity contribution in [3.8, 4) is 11.5 Å². The van der Waals surface area contributed by atoms with Gasteiger partial charge < -0.3 is 9.47 Å². The molecule has 0 aliphatic heterocycles. The van der Waals surface area contributed by atoms with Gasteiger partial charge in [0, 0.05) is 0 Å². The minimum Gasteiger partial charge on any atom is -0.484 e. The minimum atomic E-state index is -0.455. The summed E-state index contributed by atoms with van der Waals surface area (Å²) in [6, 6.07) is 13.7. The molecule has 2 N–H and O–H groups in total. The molecule has 0 atom stereocenters. The van der Waals surface area contributed by atoms with Gasteiger partial charge in [0.15, 0.2) is 13.2 Å². The van der Waals surface area contributed by atoms with Crippen LogP contribution in [0.5, 0.6) is 11.5 Å². The molecule has 2 aromatic carbocycles. The third kappa shape index (κ3) is 8.73. The van der Waals surface area contributed by atoms with Crippen LogP contribution in [-0.4, -0.2) is 25.0 Å². The molecule has 6 heteroatoms. The fourth-order valence-electron chi connectivity index (χ4n) is 4.18. The van der Waals surface area contributed by atoms with Crippen molar-refractivity contribution in [3.63, 3.8) is 0 Å². The average Bonchev–Trinajstić information content (AvgIpc) is 2.73. The summed E-state index contributed by atoms with van der Waals surface area (Å²) in [5.41, 5.74) is 8.28. The van der Waals surface area contributed by atoms with Crippen molar-refractivity contribution in [2.24, 2.45) is 5.41 Å². The molecule has 0 heterocycles. The van der Waals surface area contributed by atoms with Crippen molar-refractivity contribution in [1.82, 2.24) is 10.9 Å². The van der Waals surface area contributed by atoms with E-state index in [1.807, 2.05) is 49.4 Å². The molecule has 6 nitrogen and oxygen atoms in total. The number of hydrogen-bond acceptors (Lipinski definition) is 4. The molecule has 2 rings (SSSR count). The van der Waals surface area contributed by atoms with E-state index in [1.54, 1.807) is 0 Å². The summed E-state index contributed by atoms with van der Waals surface area (Å²) in [5.74, 6) is 0.641. The standard InChI is InChI=1S/C28H40N2O4/c1-19(2)23-14-9-20(3)15-24(23)34-17-26(32)30-29-25(31)16-33-22-12-10-21(11-13-22)28(7,8)18-27(4,5)6/h9-15,19H,16-18H2,1-8H3,(H,29,31)(H,30,32). The van der Waals surface area contributed by atoms with E-state index in [2.05, 4.69) is 59.3 Å². The van der Waals surface area contributed by atoms with Crippen LogP contribution in [-0.2, 0) is 15.0 Å². The molecule has 0 radical (unpaired) electrons. The predicted octanol–water partition coefficient (Wildman–Crippen LogP) is 5.44. The zero-order valence-corrected chi connectivity index (χ0v) is 21.9. The molecule has 0 spiro atoms. The second-order valence-electron chi connectivity index (χ2n) is 11.0. The summed E-state index contributed by atoms with van der Waals surface area (Å²) in [4.78, 5) is 24.2. The number of amides is 2. The van der Waals surface area contributed by atoms with E-state index in [0.29, 0.717) is 11.5 Å². The van der Waals surface area contributed by atoms with Gasteiger partial charge in [0.25, 0.3) is 11.8 Å². The average molecular weight is 469 g/mol. The Morgan fingerprint density at radius 3 is 1.94 bits per heavy atom. The number of aryl methyl sites for hydroxylation is 1. The van der Waals surface area contributed by atoms with E-state index in [1.165, 1.54) is 5.56 Å². The molecule has 0 aliphatic carbocycles. The van der Waals surface area contributed by atoms with E-state index in [9.17, 15) is 9.59 Å². The van der Waals surface area contributed by atoms with Gasteiger partial charge in [-0.25, -0.2) is 0 Å². The normalized spacial score (nSPS) is 11.8. The van der Waals surface area contributed by atoms with E-state index < -0.39 is 11.8 Å². The SMILES string of the molecule is Cc1ccc(C(C)C)c(OCC(=O)NNC(=O)COc2ccc(C(C)(C)CC(C)(C)C)cc2)c1. The highest BCUT2D eigenvalue weighted by Crippen LogP contribution is 2.36. The van der Waals surface area contributed by atoms with Crippen molar-refractivity contribution in [2.45, 2.75) is 73.1 Å². The van der Waals surface area contributed by atoms with Crippen LogP contribution in [0.25, 0.3) is 0 Å². The molecule has 34 heavy (non-hydrogen) atoms. The Labute approximate surface area is 204 Å². The van der Waals surface area contributed by atoms with Gasteiger partial charge in [-0.1, -0.05) is 72.7 Å². The van der Waals surface area contributed by atoms with E-state index in [4.69, 9.17) is 9.47 Å². The van der Waals surface area contributed by atoms with Crippen LogP contribution >= 0.6 is 0 Å². The summed E-state index contributed by atoms with van der Waals surface area (Å²) >= 11 is 0. The lowest BCUT2D eigenvalue weighted by Gasteiger charge is -2.33. The van der Waals surface area contributed by atoms with E-state index in [-0.39, 0.29) is 30.0 Å². The van der Waals surface area contributed by atoms with Crippen LogP contribution in [0.1, 0.15) is 77.5 Å². The summed E-state index contributed by atoms with van der Waals surface area (Å²) in [6.45, 7) is 16.9. The molecular weight excluding hydrogens is 428 g/mol. The molecule has 186 valence electrons. The predicted molar refractivity (Wildman–Crippen MR) is 136 cm³/mol.